The third-order valence-electron chi connectivity index (χ3n) is 3.71. The van der Waals surface area contributed by atoms with Crippen LogP contribution in [0.3, 0.4) is 0 Å². The lowest BCUT2D eigenvalue weighted by Gasteiger charge is -2.03. The first-order valence-electron chi connectivity index (χ1n) is 6.65. The molecule has 0 aliphatic rings. The largest absolute Gasteiger partial charge is 0.278 e. The van der Waals surface area contributed by atoms with Crippen molar-refractivity contribution in [1.29, 1.82) is 0 Å². The quantitative estimate of drug-likeness (QED) is 0.473. The molecule has 4 rings (SSSR count). The van der Waals surface area contributed by atoms with E-state index in [1.807, 2.05) is 48.5 Å². The van der Waals surface area contributed by atoms with Gasteiger partial charge in [0.15, 0.2) is 0 Å². The summed E-state index contributed by atoms with van der Waals surface area (Å²) in [5.41, 5.74) is 3.42. The molecule has 0 fully saturated rings. The van der Waals surface area contributed by atoms with Crippen molar-refractivity contribution in [2.45, 2.75) is 6.92 Å². The lowest BCUT2D eigenvalue weighted by Crippen LogP contribution is -2.04. The molecular weight excluding hydrogens is 284 g/mol. The first kappa shape index (κ1) is 12.4. The molecule has 0 spiro atoms. The van der Waals surface area contributed by atoms with E-state index in [4.69, 9.17) is 16.6 Å². The molecule has 0 amide bonds. The predicted molar refractivity (Wildman–Crippen MR) is 86.1 cm³/mol. The highest BCUT2D eigenvalue weighted by molar-refractivity contribution is 6.31. The van der Waals surface area contributed by atoms with E-state index in [0.29, 0.717) is 5.02 Å². The monoisotopic (exact) mass is 294 g/mol. The molecule has 4 aromatic rings. The highest BCUT2D eigenvalue weighted by atomic mass is 35.5. The third kappa shape index (κ3) is 1.74. The Bertz CT molecular complexity index is 1030. The minimum Gasteiger partial charge on any atom is -0.278 e. The van der Waals surface area contributed by atoms with Crippen LogP contribution in [0.4, 0.5) is 0 Å². The van der Waals surface area contributed by atoms with Crippen LogP contribution >= 0.6 is 11.6 Å². The predicted octanol–water partition coefficient (Wildman–Crippen LogP) is 4.66. The average Bonchev–Trinajstić information content (AvgIpc) is 2.78. The van der Waals surface area contributed by atoms with E-state index in [-0.39, 0.29) is 5.91 Å². The molecule has 0 N–H and O–H groups in total. The number of fused-ring (bicyclic) bond motifs is 4. The van der Waals surface area contributed by atoms with Gasteiger partial charge in [-0.05, 0) is 30.3 Å². The number of carbonyl (C=O) groups excluding carboxylic acids is 1. The fraction of sp³-hybridized carbons (Fsp3) is 0.0588. The SMILES string of the molecule is CC(=O)n1c2ccccc2c2nc3ccc(Cl)cc3cc21. The van der Waals surface area contributed by atoms with Crippen molar-refractivity contribution in [1.82, 2.24) is 9.55 Å². The molecule has 2 heterocycles. The fourth-order valence-corrected chi connectivity index (χ4v) is 3.02. The summed E-state index contributed by atoms with van der Waals surface area (Å²) in [6.45, 7) is 1.56. The summed E-state index contributed by atoms with van der Waals surface area (Å²) in [6, 6.07) is 15.4. The van der Waals surface area contributed by atoms with E-state index in [2.05, 4.69) is 0 Å². The van der Waals surface area contributed by atoms with E-state index < -0.39 is 0 Å². The first-order valence-corrected chi connectivity index (χ1v) is 7.03. The number of hydrogen-bond donors (Lipinski definition) is 0. The number of aromatic nitrogens is 2. The van der Waals surface area contributed by atoms with E-state index in [1.54, 1.807) is 11.5 Å². The molecule has 0 atom stereocenters. The smallest absolute Gasteiger partial charge is 0.228 e. The Morgan fingerprint density at radius 2 is 1.90 bits per heavy atom. The van der Waals surface area contributed by atoms with Gasteiger partial charge in [-0.2, -0.15) is 0 Å². The maximum atomic E-state index is 12.0. The zero-order valence-electron chi connectivity index (χ0n) is 11.3. The zero-order chi connectivity index (χ0) is 14.6. The zero-order valence-corrected chi connectivity index (χ0v) is 12.1. The molecular formula is C17H11ClN2O. The van der Waals surface area contributed by atoms with Crippen LogP contribution in [-0.2, 0) is 0 Å². The minimum absolute atomic E-state index is 0.0237. The second-order valence-electron chi connectivity index (χ2n) is 5.06. The van der Waals surface area contributed by atoms with Crippen LogP contribution in [0.5, 0.6) is 0 Å². The number of nitrogens with zero attached hydrogens (tertiary/aromatic N) is 2. The maximum absolute atomic E-state index is 12.0. The van der Waals surface area contributed by atoms with Gasteiger partial charge in [0.05, 0.1) is 22.1 Å². The Balaban J connectivity index is 2.28. The van der Waals surface area contributed by atoms with Gasteiger partial charge in [0, 0.05) is 22.7 Å². The average molecular weight is 295 g/mol. The van der Waals surface area contributed by atoms with Crippen LogP contribution in [0.2, 0.25) is 5.02 Å². The number of carbonyl (C=O) groups is 1. The summed E-state index contributed by atoms with van der Waals surface area (Å²) >= 11 is 6.05. The van der Waals surface area contributed by atoms with Crippen LogP contribution in [0.15, 0.2) is 48.5 Å². The molecule has 0 saturated carbocycles. The van der Waals surface area contributed by atoms with Crippen LogP contribution in [0.1, 0.15) is 11.7 Å². The molecule has 0 unspecified atom stereocenters. The van der Waals surface area contributed by atoms with Crippen molar-refractivity contribution in [2.24, 2.45) is 0 Å². The van der Waals surface area contributed by atoms with Gasteiger partial charge in [0.25, 0.3) is 0 Å². The number of halogens is 1. The van der Waals surface area contributed by atoms with Crippen molar-refractivity contribution >= 4 is 50.3 Å². The number of pyridine rings is 1. The Kier molecular flexibility index (Phi) is 2.53. The molecule has 0 bridgehead atoms. The van der Waals surface area contributed by atoms with E-state index in [1.165, 1.54) is 0 Å². The summed E-state index contributed by atoms with van der Waals surface area (Å²) < 4.78 is 1.71. The number of rotatable bonds is 0. The van der Waals surface area contributed by atoms with Crippen molar-refractivity contribution < 1.29 is 4.79 Å². The first-order chi connectivity index (χ1) is 10.1. The highest BCUT2D eigenvalue weighted by Gasteiger charge is 2.15. The lowest BCUT2D eigenvalue weighted by atomic mass is 10.2. The topological polar surface area (TPSA) is 34.9 Å². The number of benzene rings is 2. The summed E-state index contributed by atoms with van der Waals surface area (Å²) in [5, 5.41) is 2.58. The molecule has 0 aliphatic carbocycles. The van der Waals surface area contributed by atoms with Crippen molar-refractivity contribution in [3.8, 4) is 0 Å². The Hall–Kier alpha value is -2.39. The van der Waals surface area contributed by atoms with Crippen molar-refractivity contribution in [2.75, 3.05) is 0 Å². The standard InChI is InChI=1S/C17H11ClN2O/c1-10(21)20-15-5-3-2-4-13(15)17-16(20)9-11-8-12(18)6-7-14(11)19-17/h2-9H,1H3. The van der Waals surface area contributed by atoms with E-state index >= 15 is 0 Å². The van der Waals surface area contributed by atoms with Crippen molar-refractivity contribution in [3.63, 3.8) is 0 Å². The molecule has 0 aliphatic heterocycles. The summed E-state index contributed by atoms with van der Waals surface area (Å²) in [6.07, 6.45) is 0. The van der Waals surface area contributed by atoms with Crippen LogP contribution in [0, 0.1) is 0 Å². The lowest BCUT2D eigenvalue weighted by molar-refractivity contribution is 0.0946. The molecule has 2 aromatic carbocycles. The molecule has 4 heteroatoms. The Morgan fingerprint density at radius 1 is 1.10 bits per heavy atom. The van der Waals surface area contributed by atoms with Crippen LogP contribution in [0.25, 0.3) is 32.8 Å². The van der Waals surface area contributed by atoms with Gasteiger partial charge < -0.3 is 0 Å². The second-order valence-corrected chi connectivity index (χ2v) is 5.50. The molecule has 21 heavy (non-hydrogen) atoms. The summed E-state index contributed by atoms with van der Waals surface area (Å²) in [7, 11) is 0. The maximum Gasteiger partial charge on any atom is 0.228 e. The van der Waals surface area contributed by atoms with Gasteiger partial charge in [-0.15, -0.1) is 0 Å². The normalized spacial score (nSPS) is 11.5. The second kappa shape index (κ2) is 4.30. The third-order valence-corrected chi connectivity index (χ3v) is 3.95. The van der Waals surface area contributed by atoms with Crippen LogP contribution in [-0.4, -0.2) is 15.5 Å². The van der Waals surface area contributed by atoms with Gasteiger partial charge in [-0.1, -0.05) is 29.8 Å². The van der Waals surface area contributed by atoms with Gasteiger partial charge in [0.1, 0.15) is 0 Å². The Morgan fingerprint density at radius 3 is 2.71 bits per heavy atom. The van der Waals surface area contributed by atoms with E-state index in [9.17, 15) is 4.79 Å². The van der Waals surface area contributed by atoms with Gasteiger partial charge in [0.2, 0.25) is 5.91 Å². The fourth-order valence-electron chi connectivity index (χ4n) is 2.84. The molecule has 0 saturated heterocycles. The van der Waals surface area contributed by atoms with Gasteiger partial charge >= 0.3 is 0 Å². The highest BCUT2D eigenvalue weighted by Crippen LogP contribution is 2.30. The van der Waals surface area contributed by atoms with Crippen molar-refractivity contribution in [3.05, 3.63) is 53.6 Å². The number of hydrogen-bond acceptors (Lipinski definition) is 2. The molecule has 3 nitrogen and oxygen atoms in total. The van der Waals surface area contributed by atoms with Crippen LogP contribution < -0.4 is 0 Å². The Labute approximate surface area is 125 Å². The summed E-state index contributed by atoms with van der Waals surface area (Å²) in [4.78, 5) is 16.8. The van der Waals surface area contributed by atoms with E-state index in [0.717, 1.165) is 32.8 Å². The molecule has 0 radical (unpaired) electrons. The minimum atomic E-state index is -0.0237. The summed E-state index contributed by atoms with van der Waals surface area (Å²) in [5.74, 6) is -0.0237. The van der Waals surface area contributed by atoms with Gasteiger partial charge in [-0.25, -0.2) is 4.98 Å². The molecule has 2 aromatic heterocycles. The molecule has 102 valence electrons. The number of para-hydroxylation sites is 1. The van der Waals surface area contributed by atoms with Gasteiger partial charge in [-0.3, -0.25) is 9.36 Å².